The SMILES string of the molecule is Cc1nn(C)c(C)c1C(O)Cc1cc(Br)cs1. The molecule has 92 valence electrons. The summed E-state index contributed by atoms with van der Waals surface area (Å²) < 4.78 is 2.89. The highest BCUT2D eigenvalue weighted by molar-refractivity contribution is 9.10. The summed E-state index contributed by atoms with van der Waals surface area (Å²) in [5.41, 5.74) is 2.90. The lowest BCUT2D eigenvalue weighted by Crippen LogP contribution is -2.03. The van der Waals surface area contributed by atoms with Crippen molar-refractivity contribution in [1.82, 2.24) is 9.78 Å². The molecule has 0 radical (unpaired) electrons. The summed E-state index contributed by atoms with van der Waals surface area (Å²) in [7, 11) is 1.90. The van der Waals surface area contributed by atoms with Crippen molar-refractivity contribution in [2.45, 2.75) is 26.4 Å². The lowest BCUT2D eigenvalue weighted by molar-refractivity contribution is 0.178. The van der Waals surface area contributed by atoms with Gasteiger partial charge in [-0.2, -0.15) is 5.10 Å². The Hall–Kier alpha value is -0.650. The fraction of sp³-hybridized carbons (Fsp3) is 0.417. The quantitative estimate of drug-likeness (QED) is 0.945. The Balaban J connectivity index is 2.22. The van der Waals surface area contributed by atoms with E-state index in [0.29, 0.717) is 6.42 Å². The van der Waals surface area contributed by atoms with Crippen molar-refractivity contribution in [3.63, 3.8) is 0 Å². The Bertz CT molecular complexity index is 533. The van der Waals surface area contributed by atoms with Crippen LogP contribution in [0.15, 0.2) is 15.9 Å². The Morgan fingerprint density at radius 1 is 1.53 bits per heavy atom. The topological polar surface area (TPSA) is 38.0 Å². The smallest absolute Gasteiger partial charge is 0.0874 e. The van der Waals surface area contributed by atoms with Crippen LogP contribution < -0.4 is 0 Å². The van der Waals surface area contributed by atoms with E-state index in [9.17, 15) is 5.11 Å². The van der Waals surface area contributed by atoms with Gasteiger partial charge >= 0.3 is 0 Å². The standard InChI is InChI=1S/C12H15BrN2OS/c1-7-12(8(2)15(3)14-7)11(16)5-10-4-9(13)6-17-10/h4,6,11,16H,5H2,1-3H3. The molecule has 2 aromatic rings. The van der Waals surface area contributed by atoms with E-state index in [1.807, 2.05) is 31.0 Å². The molecule has 0 aromatic carbocycles. The molecule has 0 fully saturated rings. The van der Waals surface area contributed by atoms with Gasteiger partial charge in [-0.05, 0) is 35.8 Å². The van der Waals surface area contributed by atoms with Gasteiger partial charge in [0.15, 0.2) is 0 Å². The molecule has 2 heterocycles. The summed E-state index contributed by atoms with van der Waals surface area (Å²) in [5, 5.41) is 16.7. The van der Waals surface area contributed by atoms with Crippen LogP contribution in [0.25, 0.3) is 0 Å². The zero-order chi connectivity index (χ0) is 12.6. The number of aliphatic hydroxyl groups excluding tert-OH is 1. The minimum absolute atomic E-state index is 0.478. The normalized spacial score (nSPS) is 13.0. The Morgan fingerprint density at radius 3 is 2.71 bits per heavy atom. The summed E-state index contributed by atoms with van der Waals surface area (Å²) in [6.07, 6.45) is 0.165. The molecule has 2 rings (SSSR count). The molecule has 1 unspecified atom stereocenters. The predicted octanol–water partition coefficient (Wildman–Crippen LogP) is 3.14. The van der Waals surface area contributed by atoms with E-state index in [4.69, 9.17) is 0 Å². The van der Waals surface area contributed by atoms with Crippen molar-refractivity contribution in [2.75, 3.05) is 0 Å². The second-order valence-corrected chi connectivity index (χ2v) is 6.07. The Labute approximate surface area is 113 Å². The van der Waals surface area contributed by atoms with E-state index in [1.165, 1.54) is 4.88 Å². The van der Waals surface area contributed by atoms with Gasteiger partial charge in [0.2, 0.25) is 0 Å². The highest BCUT2D eigenvalue weighted by Gasteiger charge is 2.18. The molecule has 5 heteroatoms. The number of aliphatic hydroxyl groups is 1. The van der Waals surface area contributed by atoms with Gasteiger partial charge in [-0.1, -0.05) is 0 Å². The maximum absolute atomic E-state index is 10.3. The monoisotopic (exact) mass is 314 g/mol. The van der Waals surface area contributed by atoms with Crippen LogP contribution in [0.4, 0.5) is 0 Å². The van der Waals surface area contributed by atoms with Crippen molar-refractivity contribution in [3.05, 3.63) is 37.7 Å². The number of aryl methyl sites for hydroxylation is 2. The summed E-state index contributed by atoms with van der Waals surface area (Å²) in [6, 6.07) is 2.05. The van der Waals surface area contributed by atoms with Gasteiger partial charge in [-0.3, -0.25) is 4.68 Å². The van der Waals surface area contributed by atoms with E-state index < -0.39 is 6.10 Å². The first-order valence-electron chi connectivity index (χ1n) is 5.40. The number of nitrogens with zero attached hydrogens (tertiary/aromatic N) is 2. The molecule has 17 heavy (non-hydrogen) atoms. The molecule has 0 aliphatic rings. The fourth-order valence-corrected chi connectivity index (χ4v) is 3.52. The van der Waals surface area contributed by atoms with Gasteiger partial charge in [0.05, 0.1) is 11.8 Å². The van der Waals surface area contributed by atoms with E-state index in [2.05, 4.69) is 27.1 Å². The molecule has 1 N–H and O–H groups in total. The molecule has 0 bridgehead atoms. The summed E-state index contributed by atoms with van der Waals surface area (Å²) in [5.74, 6) is 0. The minimum Gasteiger partial charge on any atom is -0.388 e. The first-order valence-corrected chi connectivity index (χ1v) is 7.07. The van der Waals surface area contributed by atoms with Gasteiger partial charge < -0.3 is 5.11 Å². The summed E-state index contributed by atoms with van der Waals surface area (Å²) in [4.78, 5) is 1.17. The van der Waals surface area contributed by atoms with Crippen LogP contribution in [0.2, 0.25) is 0 Å². The lowest BCUT2D eigenvalue weighted by Gasteiger charge is -2.10. The molecule has 0 aliphatic carbocycles. The minimum atomic E-state index is -0.478. The van der Waals surface area contributed by atoms with E-state index in [1.54, 1.807) is 11.3 Å². The molecule has 1 atom stereocenters. The van der Waals surface area contributed by atoms with Gasteiger partial charge in [0.1, 0.15) is 0 Å². The van der Waals surface area contributed by atoms with Gasteiger partial charge in [0, 0.05) is 39.5 Å². The third-order valence-corrected chi connectivity index (χ3v) is 4.63. The molecule has 0 aliphatic heterocycles. The zero-order valence-corrected chi connectivity index (χ0v) is 12.5. The molecular formula is C12H15BrN2OS. The molecule has 0 spiro atoms. The molecule has 0 saturated carbocycles. The molecular weight excluding hydrogens is 300 g/mol. The maximum Gasteiger partial charge on any atom is 0.0874 e. The Morgan fingerprint density at radius 2 is 2.24 bits per heavy atom. The van der Waals surface area contributed by atoms with E-state index in [-0.39, 0.29) is 0 Å². The first-order chi connectivity index (χ1) is 7.99. The Kier molecular flexibility index (Phi) is 3.70. The summed E-state index contributed by atoms with van der Waals surface area (Å²) in [6.45, 7) is 3.93. The van der Waals surface area contributed by atoms with Crippen molar-refractivity contribution in [1.29, 1.82) is 0 Å². The van der Waals surface area contributed by atoms with Crippen LogP contribution in [-0.2, 0) is 13.5 Å². The van der Waals surface area contributed by atoms with Crippen LogP contribution in [0.5, 0.6) is 0 Å². The number of halogens is 1. The van der Waals surface area contributed by atoms with E-state index >= 15 is 0 Å². The predicted molar refractivity (Wildman–Crippen MR) is 73.4 cm³/mol. The molecule has 0 saturated heterocycles. The number of aromatic nitrogens is 2. The highest BCUT2D eigenvalue weighted by atomic mass is 79.9. The number of rotatable bonds is 3. The van der Waals surface area contributed by atoms with Crippen molar-refractivity contribution >= 4 is 27.3 Å². The average Bonchev–Trinajstić information content (AvgIpc) is 2.73. The summed E-state index contributed by atoms with van der Waals surface area (Å²) >= 11 is 5.08. The third-order valence-electron chi connectivity index (χ3n) is 2.91. The maximum atomic E-state index is 10.3. The second-order valence-electron chi connectivity index (χ2n) is 4.16. The molecule has 0 amide bonds. The first kappa shape index (κ1) is 12.8. The van der Waals surface area contributed by atoms with Crippen LogP contribution in [0.3, 0.4) is 0 Å². The van der Waals surface area contributed by atoms with Crippen molar-refractivity contribution < 1.29 is 5.11 Å². The van der Waals surface area contributed by atoms with Crippen LogP contribution in [0.1, 0.15) is 27.9 Å². The third kappa shape index (κ3) is 2.61. The second kappa shape index (κ2) is 4.92. The average molecular weight is 315 g/mol. The highest BCUT2D eigenvalue weighted by Crippen LogP contribution is 2.28. The van der Waals surface area contributed by atoms with Gasteiger partial charge in [0.25, 0.3) is 0 Å². The largest absolute Gasteiger partial charge is 0.388 e. The zero-order valence-electron chi connectivity index (χ0n) is 10.1. The van der Waals surface area contributed by atoms with Gasteiger partial charge in [-0.15, -0.1) is 11.3 Å². The number of hydrogen-bond acceptors (Lipinski definition) is 3. The number of thiophene rings is 1. The molecule has 2 aromatic heterocycles. The molecule has 3 nitrogen and oxygen atoms in total. The van der Waals surface area contributed by atoms with Gasteiger partial charge in [-0.25, -0.2) is 0 Å². The van der Waals surface area contributed by atoms with Crippen LogP contribution >= 0.6 is 27.3 Å². The van der Waals surface area contributed by atoms with Crippen molar-refractivity contribution in [2.24, 2.45) is 7.05 Å². The fourth-order valence-electron chi connectivity index (χ4n) is 2.03. The number of hydrogen-bond donors (Lipinski definition) is 1. The van der Waals surface area contributed by atoms with Crippen LogP contribution in [-0.4, -0.2) is 14.9 Å². The van der Waals surface area contributed by atoms with E-state index in [0.717, 1.165) is 21.4 Å². The lowest BCUT2D eigenvalue weighted by atomic mass is 10.0. The van der Waals surface area contributed by atoms with Crippen LogP contribution in [0, 0.1) is 13.8 Å². The van der Waals surface area contributed by atoms with Crippen molar-refractivity contribution in [3.8, 4) is 0 Å².